The molecule has 0 saturated heterocycles. The first kappa shape index (κ1) is 13.3. The van der Waals surface area contributed by atoms with Gasteiger partial charge in [-0.1, -0.05) is 6.07 Å². The minimum atomic E-state index is -0.540. The summed E-state index contributed by atoms with van der Waals surface area (Å²) in [6.45, 7) is 4.24. The fourth-order valence-corrected chi connectivity index (χ4v) is 3.39. The highest BCUT2D eigenvalue weighted by Crippen LogP contribution is 2.42. The number of rotatable bonds is 1. The monoisotopic (exact) mass is 295 g/mol. The third-order valence-electron chi connectivity index (χ3n) is 4.84. The number of pyridine rings is 1. The van der Waals surface area contributed by atoms with Gasteiger partial charge in [-0.25, -0.2) is 0 Å². The van der Waals surface area contributed by atoms with Crippen molar-refractivity contribution in [1.29, 1.82) is 0 Å². The maximum atomic E-state index is 13.1. The molecule has 0 radical (unpaired) electrons. The number of Topliss-reactive ketones (excluding diaryl/α,β-unsaturated/α-hetero) is 1. The molecular weight excluding hydrogens is 278 g/mol. The molecule has 0 amide bonds. The second kappa shape index (κ2) is 4.57. The Morgan fingerprint density at radius 1 is 1.18 bits per heavy atom. The lowest BCUT2D eigenvalue weighted by Gasteiger charge is -2.34. The van der Waals surface area contributed by atoms with Crippen LogP contribution >= 0.6 is 0 Å². The first-order valence-corrected chi connectivity index (χ1v) is 7.49. The van der Waals surface area contributed by atoms with Gasteiger partial charge in [0.15, 0.2) is 17.3 Å². The first-order valence-electron chi connectivity index (χ1n) is 7.49. The number of hydrogen-bond donors (Lipinski definition) is 0. The van der Waals surface area contributed by atoms with E-state index >= 15 is 0 Å². The summed E-state index contributed by atoms with van der Waals surface area (Å²) in [5.41, 5.74) is 3.15. The van der Waals surface area contributed by atoms with Crippen LogP contribution in [0.5, 0.6) is 11.5 Å². The van der Waals surface area contributed by atoms with Gasteiger partial charge in [0.25, 0.3) is 0 Å². The lowest BCUT2D eigenvalue weighted by atomic mass is 9.68. The summed E-state index contributed by atoms with van der Waals surface area (Å²) in [4.78, 5) is 17.5. The van der Waals surface area contributed by atoms with Crippen LogP contribution in [0.3, 0.4) is 0 Å². The molecule has 22 heavy (non-hydrogen) atoms. The van der Waals surface area contributed by atoms with Crippen LogP contribution in [0.15, 0.2) is 30.5 Å². The van der Waals surface area contributed by atoms with Gasteiger partial charge in [-0.15, -0.1) is 0 Å². The Morgan fingerprint density at radius 2 is 2.00 bits per heavy atom. The highest BCUT2D eigenvalue weighted by atomic mass is 16.7. The van der Waals surface area contributed by atoms with Gasteiger partial charge in [0.2, 0.25) is 6.79 Å². The molecule has 2 aromatic rings. The summed E-state index contributed by atoms with van der Waals surface area (Å²) in [5.74, 6) is 1.62. The Balaban J connectivity index is 1.82. The number of benzene rings is 1. The normalized spacial score (nSPS) is 22.5. The zero-order valence-electron chi connectivity index (χ0n) is 12.7. The van der Waals surface area contributed by atoms with Crippen LogP contribution in [0.25, 0.3) is 0 Å². The summed E-state index contributed by atoms with van der Waals surface area (Å²) in [6.07, 6.45) is 3.35. The Hall–Kier alpha value is -2.36. The molecular formula is C18H17NO3. The average molecular weight is 295 g/mol. The summed E-state index contributed by atoms with van der Waals surface area (Å²) in [6, 6.07) is 7.71. The van der Waals surface area contributed by atoms with Gasteiger partial charge in [0.1, 0.15) is 0 Å². The van der Waals surface area contributed by atoms with Crippen molar-refractivity contribution in [3.63, 3.8) is 0 Å². The first-order chi connectivity index (χ1) is 10.6. The molecule has 0 N–H and O–H groups in total. The van der Waals surface area contributed by atoms with Crippen molar-refractivity contribution in [3.05, 3.63) is 52.8 Å². The van der Waals surface area contributed by atoms with Gasteiger partial charge < -0.3 is 9.47 Å². The minimum Gasteiger partial charge on any atom is -0.454 e. The van der Waals surface area contributed by atoms with Crippen molar-refractivity contribution in [3.8, 4) is 11.5 Å². The Morgan fingerprint density at radius 3 is 2.86 bits per heavy atom. The molecule has 4 rings (SSSR count). The summed E-state index contributed by atoms with van der Waals surface area (Å²) in [5, 5.41) is 0. The minimum absolute atomic E-state index is 0.151. The van der Waals surface area contributed by atoms with Crippen molar-refractivity contribution < 1.29 is 14.3 Å². The van der Waals surface area contributed by atoms with Crippen molar-refractivity contribution in [2.75, 3.05) is 6.79 Å². The molecule has 0 fully saturated rings. The van der Waals surface area contributed by atoms with Crippen molar-refractivity contribution in [2.24, 2.45) is 0 Å². The number of aryl methyl sites for hydroxylation is 2. The van der Waals surface area contributed by atoms with E-state index in [1.807, 2.05) is 38.1 Å². The number of ether oxygens (including phenoxy) is 2. The number of nitrogens with zero attached hydrogens (tertiary/aromatic N) is 1. The maximum Gasteiger partial charge on any atom is 0.231 e. The number of hydrogen-bond acceptors (Lipinski definition) is 4. The van der Waals surface area contributed by atoms with Crippen molar-refractivity contribution >= 4 is 5.78 Å². The average Bonchev–Trinajstić information content (AvgIpc) is 2.98. The van der Waals surface area contributed by atoms with Crippen LogP contribution in [-0.2, 0) is 11.8 Å². The summed E-state index contributed by atoms with van der Waals surface area (Å²) >= 11 is 0. The second-order valence-corrected chi connectivity index (χ2v) is 6.18. The number of carbonyl (C=O) groups excluding carboxylic acids is 1. The predicted molar refractivity (Wildman–Crippen MR) is 81.5 cm³/mol. The molecule has 1 atom stereocenters. The summed E-state index contributed by atoms with van der Waals surface area (Å²) < 4.78 is 10.8. The molecule has 0 spiro atoms. The van der Waals surface area contributed by atoms with E-state index < -0.39 is 5.41 Å². The quantitative estimate of drug-likeness (QED) is 0.810. The number of ketones is 1. The Labute approximate surface area is 129 Å². The zero-order valence-corrected chi connectivity index (χ0v) is 12.7. The zero-order chi connectivity index (χ0) is 15.3. The van der Waals surface area contributed by atoms with Crippen molar-refractivity contribution in [2.45, 2.75) is 32.1 Å². The van der Waals surface area contributed by atoms with Crippen LogP contribution in [0.2, 0.25) is 0 Å². The van der Waals surface area contributed by atoms with Crippen LogP contribution in [0, 0.1) is 6.92 Å². The SMILES string of the molecule is Cc1ccnc2c1C(=O)C(C)(c1ccc3c(c1)OCO3)CC2. The molecule has 1 aromatic heterocycles. The molecule has 1 aliphatic heterocycles. The Kier molecular flexibility index (Phi) is 2.76. The van der Waals surface area contributed by atoms with E-state index in [0.29, 0.717) is 0 Å². The second-order valence-electron chi connectivity index (χ2n) is 6.18. The van der Waals surface area contributed by atoms with Gasteiger partial charge in [0, 0.05) is 11.8 Å². The van der Waals surface area contributed by atoms with E-state index in [1.165, 1.54) is 0 Å². The molecule has 4 nitrogen and oxygen atoms in total. The van der Waals surface area contributed by atoms with Crippen molar-refractivity contribution in [1.82, 2.24) is 4.98 Å². The molecule has 2 aliphatic rings. The number of fused-ring (bicyclic) bond motifs is 2. The smallest absolute Gasteiger partial charge is 0.231 e. The predicted octanol–water partition coefficient (Wildman–Crippen LogP) is 3.21. The van der Waals surface area contributed by atoms with Gasteiger partial charge in [-0.3, -0.25) is 9.78 Å². The van der Waals surface area contributed by atoms with Crippen LogP contribution in [0.4, 0.5) is 0 Å². The number of carbonyl (C=O) groups is 1. The molecule has 1 aromatic carbocycles. The summed E-state index contributed by atoms with van der Waals surface area (Å²) in [7, 11) is 0. The lowest BCUT2D eigenvalue weighted by molar-refractivity contribution is 0.0873. The highest BCUT2D eigenvalue weighted by Gasteiger charge is 2.41. The lowest BCUT2D eigenvalue weighted by Crippen LogP contribution is -2.38. The fourth-order valence-electron chi connectivity index (χ4n) is 3.39. The molecule has 112 valence electrons. The van der Waals surface area contributed by atoms with E-state index in [2.05, 4.69) is 4.98 Å². The van der Waals surface area contributed by atoms with E-state index in [0.717, 1.165) is 46.7 Å². The highest BCUT2D eigenvalue weighted by molar-refractivity contribution is 6.06. The fraction of sp³-hybridized carbons (Fsp3) is 0.333. The molecule has 1 aliphatic carbocycles. The molecule has 4 heteroatoms. The van der Waals surface area contributed by atoms with Crippen LogP contribution < -0.4 is 9.47 Å². The van der Waals surface area contributed by atoms with E-state index in [1.54, 1.807) is 6.20 Å². The molecule has 0 bridgehead atoms. The maximum absolute atomic E-state index is 13.1. The van der Waals surface area contributed by atoms with E-state index in [9.17, 15) is 4.79 Å². The van der Waals surface area contributed by atoms with Crippen LogP contribution in [0.1, 0.15) is 40.5 Å². The van der Waals surface area contributed by atoms with Crippen LogP contribution in [-0.4, -0.2) is 17.6 Å². The Bertz CT molecular complexity index is 784. The van der Waals surface area contributed by atoms with Gasteiger partial charge in [-0.05, 0) is 56.0 Å². The third kappa shape index (κ3) is 1.76. The largest absolute Gasteiger partial charge is 0.454 e. The third-order valence-corrected chi connectivity index (χ3v) is 4.84. The standard InChI is InChI=1S/C18H17NO3/c1-11-6-8-19-13-5-7-18(2,17(20)16(11)13)12-3-4-14-15(9-12)22-10-21-14/h3-4,6,8-9H,5,7,10H2,1-2H3. The topological polar surface area (TPSA) is 48.4 Å². The number of aromatic nitrogens is 1. The molecule has 0 saturated carbocycles. The van der Waals surface area contributed by atoms with Gasteiger partial charge in [-0.2, -0.15) is 0 Å². The van der Waals surface area contributed by atoms with Gasteiger partial charge >= 0.3 is 0 Å². The van der Waals surface area contributed by atoms with E-state index in [4.69, 9.17) is 9.47 Å². The molecule has 2 heterocycles. The van der Waals surface area contributed by atoms with Gasteiger partial charge in [0.05, 0.1) is 11.1 Å². The van der Waals surface area contributed by atoms with E-state index in [-0.39, 0.29) is 12.6 Å². The molecule has 1 unspecified atom stereocenters.